The minimum Gasteiger partial charge on any atom is -0.483 e. The Bertz CT molecular complexity index is 1200. The van der Waals surface area contributed by atoms with Crippen LogP contribution in [0.3, 0.4) is 0 Å². The minimum atomic E-state index is -3.08. The molecule has 0 spiro atoms. The topological polar surface area (TPSA) is 118 Å². The van der Waals surface area contributed by atoms with Crippen LogP contribution in [0.15, 0.2) is 36.4 Å². The number of carbonyl (C=O) groups is 1. The van der Waals surface area contributed by atoms with Gasteiger partial charge in [-0.25, -0.2) is 18.4 Å². The first kappa shape index (κ1) is 23.7. The Labute approximate surface area is 191 Å². The van der Waals surface area contributed by atoms with E-state index in [9.17, 15) is 13.2 Å². The van der Waals surface area contributed by atoms with Crippen molar-refractivity contribution in [2.45, 2.75) is 26.7 Å². The number of anilines is 2. The average molecular weight is 476 g/mol. The highest BCUT2D eigenvalue weighted by atomic mass is 32.2. The molecular weight excluding hydrogens is 450 g/mol. The van der Waals surface area contributed by atoms with Crippen molar-refractivity contribution in [3.8, 4) is 15.8 Å². The second kappa shape index (κ2) is 10.1. The summed E-state index contributed by atoms with van der Waals surface area (Å²) in [5.74, 6) is 0.327. The standard InChI is InChI=1S/C22H25N3O5S2/c1-4-17-14(2)23-22(18-9-10-20(31-18)30-11-12-32(3,28)29)25-21(17)24-16-7-5-15(6-8-16)13-19(26)27/h5-10H,4,11-13H2,1-3H3,(H,26,27)(H,23,24,25). The van der Waals surface area contributed by atoms with Gasteiger partial charge in [0.15, 0.2) is 20.7 Å². The van der Waals surface area contributed by atoms with Gasteiger partial charge in [-0.2, -0.15) is 0 Å². The number of benzene rings is 1. The zero-order valence-corrected chi connectivity index (χ0v) is 19.7. The quantitative estimate of drug-likeness (QED) is 0.454. The second-order valence-electron chi connectivity index (χ2n) is 7.30. The fraction of sp³-hybridized carbons (Fsp3) is 0.318. The van der Waals surface area contributed by atoms with E-state index in [1.807, 2.05) is 32.0 Å². The van der Waals surface area contributed by atoms with Gasteiger partial charge in [0, 0.05) is 23.2 Å². The molecule has 0 bridgehead atoms. The smallest absolute Gasteiger partial charge is 0.307 e. The van der Waals surface area contributed by atoms with E-state index >= 15 is 0 Å². The number of rotatable bonds is 10. The Morgan fingerprint density at radius 3 is 2.50 bits per heavy atom. The van der Waals surface area contributed by atoms with Crippen LogP contribution < -0.4 is 10.1 Å². The number of nitrogens with one attached hydrogen (secondary N) is 1. The first-order chi connectivity index (χ1) is 15.1. The van der Waals surface area contributed by atoms with Gasteiger partial charge in [0.2, 0.25) is 0 Å². The Kier molecular flexibility index (Phi) is 7.47. The van der Waals surface area contributed by atoms with Gasteiger partial charge in [-0.3, -0.25) is 4.79 Å². The van der Waals surface area contributed by atoms with Gasteiger partial charge in [-0.1, -0.05) is 30.4 Å². The van der Waals surface area contributed by atoms with Crippen LogP contribution in [0.1, 0.15) is 23.7 Å². The largest absolute Gasteiger partial charge is 0.483 e. The SMILES string of the molecule is CCc1c(C)nc(-c2ccc(OCCS(C)(=O)=O)s2)nc1Nc1ccc(CC(=O)O)cc1. The molecule has 0 aliphatic carbocycles. The summed E-state index contributed by atoms with van der Waals surface area (Å²) in [4.78, 5) is 21.0. The molecule has 0 amide bonds. The van der Waals surface area contributed by atoms with Crippen molar-refractivity contribution in [1.29, 1.82) is 0 Å². The molecule has 0 unspecified atom stereocenters. The molecule has 10 heteroatoms. The number of hydrogen-bond donors (Lipinski definition) is 2. The van der Waals surface area contributed by atoms with Crippen molar-refractivity contribution in [3.05, 3.63) is 53.2 Å². The van der Waals surface area contributed by atoms with Gasteiger partial charge >= 0.3 is 5.97 Å². The molecule has 0 saturated carbocycles. The van der Waals surface area contributed by atoms with Gasteiger partial charge in [0.1, 0.15) is 12.4 Å². The third-order valence-corrected chi connectivity index (χ3v) is 6.54. The second-order valence-corrected chi connectivity index (χ2v) is 10.6. The van der Waals surface area contributed by atoms with Crippen molar-refractivity contribution < 1.29 is 23.1 Å². The van der Waals surface area contributed by atoms with Crippen molar-refractivity contribution in [2.24, 2.45) is 0 Å². The van der Waals surface area contributed by atoms with Crippen LogP contribution in [-0.4, -0.2) is 48.1 Å². The highest BCUT2D eigenvalue weighted by Crippen LogP contribution is 2.33. The number of ether oxygens (including phenoxy) is 1. The molecule has 0 radical (unpaired) electrons. The van der Waals surface area contributed by atoms with Gasteiger partial charge < -0.3 is 15.2 Å². The van der Waals surface area contributed by atoms with E-state index < -0.39 is 15.8 Å². The molecule has 0 saturated heterocycles. The van der Waals surface area contributed by atoms with Crippen LogP contribution in [0.4, 0.5) is 11.5 Å². The Balaban J connectivity index is 1.81. The molecule has 32 heavy (non-hydrogen) atoms. The lowest BCUT2D eigenvalue weighted by Crippen LogP contribution is -2.11. The summed E-state index contributed by atoms with van der Waals surface area (Å²) in [6.07, 6.45) is 1.90. The minimum absolute atomic E-state index is 0.0236. The summed E-state index contributed by atoms with van der Waals surface area (Å²) in [5, 5.41) is 12.9. The Hall–Kier alpha value is -2.98. The van der Waals surface area contributed by atoms with Crippen LogP contribution in [0.2, 0.25) is 0 Å². The predicted octanol–water partition coefficient (Wildman–Crippen LogP) is 3.87. The molecule has 0 aliphatic rings. The van der Waals surface area contributed by atoms with Crippen LogP contribution in [0.5, 0.6) is 5.06 Å². The van der Waals surface area contributed by atoms with Gasteiger partial charge in [-0.05, 0) is 43.2 Å². The Morgan fingerprint density at radius 1 is 1.16 bits per heavy atom. The normalized spacial score (nSPS) is 11.3. The molecular formula is C22H25N3O5S2. The lowest BCUT2D eigenvalue weighted by Gasteiger charge is -2.14. The summed E-state index contributed by atoms with van der Waals surface area (Å²) >= 11 is 1.36. The van der Waals surface area contributed by atoms with E-state index in [1.54, 1.807) is 18.2 Å². The maximum Gasteiger partial charge on any atom is 0.307 e. The van der Waals surface area contributed by atoms with E-state index in [2.05, 4.69) is 10.3 Å². The summed E-state index contributed by atoms with van der Waals surface area (Å²) < 4.78 is 28.1. The number of hydrogen-bond acceptors (Lipinski definition) is 8. The number of sulfone groups is 1. The van der Waals surface area contributed by atoms with E-state index in [1.165, 1.54) is 17.6 Å². The van der Waals surface area contributed by atoms with E-state index in [0.717, 1.165) is 33.8 Å². The maximum atomic E-state index is 11.3. The molecule has 2 aromatic heterocycles. The number of nitrogens with zero attached hydrogens (tertiary/aromatic N) is 2. The van der Waals surface area contributed by atoms with Gasteiger partial charge in [0.25, 0.3) is 0 Å². The summed E-state index contributed by atoms with van der Waals surface area (Å²) in [5.41, 5.74) is 3.37. The molecule has 3 aromatic rings. The van der Waals surface area contributed by atoms with Crippen molar-refractivity contribution in [3.63, 3.8) is 0 Å². The fourth-order valence-corrected chi connectivity index (χ4v) is 4.26. The van der Waals surface area contributed by atoms with Crippen molar-refractivity contribution in [2.75, 3.05) is 23.9 Å². The molecule has 0 fully saturated rings. The summed E-state index contributed by atoms with van der Waals surface area (Å²) in [6.45, 7) is 4.06. The van der Waals surface area contributed by atoms with Crippen LogP contribution in [-0.2, 0) is 27.5 Å². The molecule has 170 valence electrons. The molecule has 3 rings (SSSR count). The average Bonchev–Trinajstić information content (AvgIpc) is 3.17. The third-order valence-electron chi connectivity index (χ3n) is 4.64. The number of thiophene rings is 1. The molecule has 2 heterocycles. The van der Waals surface area contributed by atoms with E-state index in [4.69, 9.17) is 14.8 Å². The molecule has 8 nitrogen and oxygen atoms in total. The molecule has 0 aliphatic heterocycles. The van der Waals surface area contributed by atoms with Crippen LogP contribution in [0.25, 0.3) is 10.7 Å². The lowest BCUT2D eigenvalue weighted by molar-refractivity contribution is -0.136. The van der Waals surface area contributed by atoms with E-state index in [0.29, 0.717) is 16.7 Å². The van der Waals surface area contributed by atoms with Gasteiger partial charge in [-0.15, -0.1) is 0 Å². The molecule has 0 atom stereocenters. The lowest BCUT2D eigenvalue weighted by atomic mass is 10.1. The zero-order valence-electron chi connectivity index (χ0n) is 18.1. The first-order valence-electron chi connectivity index (χ1n) is 10.0. The molecule has 1 aromatic carbocycles. The first-order valence-corrected chi connectivity index (χ1v) is 12.9. The summed E-state index contributed by atoms with van der Waals surface area (Å²) in [7, 11) is -3.08. The van der Waals surface area contributed by atoms with E-state index in [-0.39, 0.29) is 18.8 Å². The van der Waals surface area contributed by atoms with Crippen LogP contribution >= 0.6 is 11.3 Å². The zero-order chi connectivity index (χ0) is 23.3. The molecule has 2 N–H and O–H groups in total. The highest BCUT2D eigenvalue weighted by molar-refractivity contribution is 7.90. The van der Waals surface area contributed by atoms with Crippen LogP contribution in [0, 0.1) is 6.92 Å². The number of aryl methyl sites for hydroxylation is 1. The predicted molar refractivity (Wildman–Crippen MR) is 126 cm³/mol. The monoisotopic (exact) mass is 475 g/mol. The maximum absolute atomic E-state index is 11.3. The summed E-state index contributed by atoms with van der Waals surface area (Å²) in [6, 6.07) is 10.8. The highest BCUT2D eigenvalue weighted by Gasteiger charge is 2.14. The number of aliphatic carboxylic acids is 1. The van der Waals surface area contributed by atoms with Crippen molar-refractivity contribution >= 4 is 38.6 Å². The third kappa shape index (κ3) is 6.51. The fourth-order valence-electron chi connectivity index (χ4n) is 3.06. The number of carboxylic acid groups (broad SMARTS) is 1. The number of carboxylic acids is 1. The number of aromatic nitrogens is 2. The van der Waals surface area contributed by atoms with Crippen molar-refractivity contribution in [1.82, 2.24) is 9.97 Å². The Morgan fingerprint density at radius 2 is 1.88 bits per heavy atom. The van der Waals surface area contributed by atoms with Gasteiger partial charge in [0.05, 0.1) is 17.1 Å².